The summed E-state index contributed by atoms with van der Waals surface area (Å²) in [6.45, 7) is -0.224. The Kier molecular flexibility index (Phi) is 5.49. The van der Waals surface area contributed by atoms with E-state index in [0.717, 1.165) is 5.56 Å². The molecule has 4 aromatic rings. The van der Waals surface area contributed by atoms with Crippen LogP contribution in [0.5, 0.6) is 5.75 Å². The van der Waals surface area contributed by atoms with Gasteiger partial charge in [0.25, 0.3) is 11.6 Å². The second-order valence-electron chi connectivity index (χ2n) is 6.78. The van der Waals surface area contributed by atoms with Crippen molar-refractivity contribution in [3.8, 4) is 17.0 Å². The summed E-state index contributed by atoms with van der Waals surface area (Å²) in [7, 11) is 0. The molecule has 4 rings (SSSR count). The number of imidazole rings is 1. The van der Waals surface area contributed by atoms with Gasteiger partial charge in [-0.2, -0.15) is 0 Å². The average Bonchev–Trinajstić information content (AvgIpc) is 3.22. The third kappa shape index (κ3) is 4.54. The number of aromatic carboxylic acids is 1. The second kappa shape index (κ2) is 8.56. The Morgan fingerprint density at radius 1 is 1.03 bits per heavy atom. The number of fused-ring (bicyclic) bond motifs is 1. The lowest BCUT2D eigenvalue weighted by atomic mass is 10.2. The molecule has 2 aromatic carbocycles. The number of amides is 1. The Morgan fingerprint density at radius 3 is 2.41 bits per heavy atom. The maximum Gasteiger partial charge on any atom is 0.335 e. The molecular formula is C22H16N4O6. The normalized spacial score (nSPS) is 10.6. The van der Waals surface area contributed by atoms with Gasteiger partial charge in [-0.1, -0.05) is 0 Å². The predicted molar refractivity (Wildman–Crippen MR) is 115 cm³/mol. The van der Waals surface area contributed by atoms with E-state index in [0.29, 0.717) is 22.8 Å². The van der Waals surface area contributed by atoms with E-state index in [1.165, 1.54) is 36.5 Å². The molecule has 0 radical (unpaired) electrons. The maximum absolute atomic E-state index is 12.1. The number of ether oxygens (including phenoxy) is 1. The lowest BCUT2D eigenvalue weighted by molar-refractivity contribution is -0.385. The van der Waals surface area contributed by atoms with Crippen molar-refractivity contribution in [3.63, 3.8) is 0 Å². The minimum absolute atomic E-state index is 0.0266. The van der Waals surface area contributed by atoms with Crippen LogP contribution in [0, 0.1) is 10.1 Å². The van der Waals surface area contributed by atoms with Crippen LogP contribution < -0.4 is 10.1 Å². The number of carbonyl (C=O) groups excluding carboxylic acids is 1. The molecule has 0 aliphatic heterocycles. The number of carboxylic acid groups (broad SMARTS) is 1. The molecule has 0 saturated carbocycles. The van der Waals surface area contributed by atoms with Crippen molar-refractivity contribution in [2.45, 2.75) is 0 Å². The number of nitrogens with zero attached hydrogens (tertiary/aromatic N) is 3. The summed E-state index contributed by atoms with van der Waals surface area (Å²) in [5.41, 5.74) is 2.57. The van der Waals surface area contributed by atoms with Gasteiger partial charge in [0.05, 0.1) is 22.4 Å². The van der Waals surface area contributed by atoms with Gasteiger partial charge in [0.15, 0.2) is 6.61 Å². The van der Waals surface area contributed by atoms with Crippen molar-refractivity contribution in [2.24, 2.45) is 0 Å². The summed E-state index contributed by atoms with van der Waals surface area (Å²) in [5, 5.41) is 22.4. The SMILES string of the molecule is O=C(COc1ccc(-c2cn3cc([N+](=O)[O-])ccc3n2)cc1)Nc1ccc(C(=O)O)cc1. The molecule has 160 valence electrons. The number of benzene rings is 2. The van der Waals surface area contributed by atoms with E-state index in [1.54, 1.807) is 40.9 Å². The van der Waals surface area contributed by atoms with Gasteiger partial charge in [-0.25, -0.2) is 9.78 Å². The van der Waals surface area contributed by atoms with Crippen molar-refractivity contribution >= 4 is 28.9 Å². The first-order valence-electron chi connectivity index (χ1n) is 9.38. The summed E-state index contributed by atoms with van der Waals surface area (Å²) in [5.74, 6) is -0.955. The minimum atomic E-state index is -1.04. The zero-order valence-corrected chi connectivity index (χ0v) is 16.5. The Labute approximate surface area is 180 Å². The lowest BCUT2D eigenvalue weighted by Crippen LogP contribution is -2.20. The molecule has 0 aliphatic rings. The number of carbonyl (C=O) groups is 2. The van der Waals surface area contributed by atoms with Gasteiger partial charge in [0.1, 0.15) is 11.4 Å². The molecule has 1 amide bonds. The molecule has 0 bridgehead atoms. The highest BCUT2D eigenvalue weighted by atomic mass is 16.6. The van der Waals surface area contributed by atoms with Gasteiger partial charge in [0, 0.05) is 23.5 Å². The number of hydrogen-bond donors (Lipinski definition) is 2. The first-order valence-corrected chi connectivity index (χ1v) is 9.38. The van der Waals surface area contributed by atoms with E-state index < -0.39 is 10.9 Å². The van der Waals surface area contributed by atoms with Crippen LogP contribution in [-0.4, -0.2) is 37.9 Å². The van der Waals surface area contributed by atoms with Crippen molar-refractivity contribution < 1.29 is 24.4 Å². The summed E-state index contributed by atoms with van der Waals surface area (Å²) in [4.78, 5) is 37.8. The molecule has 10 heteroatoms. The summed E-state index contributed by atoms with van der Waals surface area (Å²) >= 11 is 0. The molecule has 10 nitrogen and oxygen atoms in total. The third-order valence-corrected chi connectivity index (χ3v) is 4.58. The van der Waals surface area contributed by atoms with Gasteiger partial charge in [0.2, 0.25) is 0 Å². The first-order chi connectivity index (χ1) is 15.4. The van der Waals surface area contributed by atoms with Crippen LogP contribution in [0.2, 0.25) is 0 Å². The molecule has 0 saturated heterocycles. The number of rotatable bonds is 7. The number of anilines is 1. The standard InChI is InChI=1S/C22H16N4O6/c27-21(23-16-5-1-15(2-6-16)22(28)29)13-32-18-8-3-14(4-9-18)19-12-25-11-17(26(30)31)7-10-20(25)24-19/h1-12H,13H2,(H,23,27)(H,28,29). The molecule has 32 heavy (non-hydrogen) atoms. The minimum Gasteiger partial charge on any atom is -0.484 e. The molecule has 0 atom stereocenters. The Balaban J connectivity index is 1.37. The molecule has 0 fully saturated rings. The number of carboxylic acids is 1. The lowest BCUT2D eigenvalue weighted by Gasteiger charge is -2.08. The van der Waals surface area contributed by atoms with Crippen LogP contribution in [-0.2, 0) is 4.79 Å². The highest BCUT2D eigenvalue weighted by Crippen LogP contribution is 2.23. The molecular weight excluding hydrogens is 416 g/mol. The smallest absolute Gasteiger partial charge is 0.335 e. The van der Waals surface area contributed by atoms with Gasteiger partial charge in [-0.3, -0.25) is 19.3 Å². The Hall–Kier alpha value is -4.73. The molecule has 0 spiro atoms. The van der Waals surface area contributed by atoms with Crippen LogP contribution in [0.3, 0.4) is 0 Å². The highest BCUT2D eigenvalue weighted by molar-refractivity contribution is 5.93. The van der Waals surface area contributed by atoms with Crippen LogP contribution >= 0.6 is 0 Å². The van der Waals surface area contributed by atoms with Gasteiger partial charge in [-0.15, -0.1) is 0 Å². The number of aromatic nitrogens is 2. The number of hydrogen-bond acceptors (Lipinski definition) is 6. The Morgan fingerprint density at radius 2 is 1.75 bits per heavy atom. The molecule has 2 aromatic heterocycles. The fourth-order valence-electron chi connectivity index (χ4n) is 2.99. The fourth-order valence-corrected chi connectivity index (χ4v) is 2.99. The van der Waals surface area contributed by atoms with Gasteiger partial charge < -0.3 is 15.2 Å². The third-order valence-electron chi connectivity index (χ3n) is 4.58. The van der Waals surface area contributed by atoms with Gasteiger partial charge >= 0.3 is 5.97 Å². The number of nitro groups is 1. The molecule has 2 N–H and O–H groups in total. The van der Waals surface area contributed by atoms with Crippen molar-refractivity contribution in [1.82, 2.24) is 9.38 Å². The predicted octanol–water partition coefficient (Wildman–Crippen LogP) is 3.63. The largest absolute Gasteiger partial charge is 0.484 e. The van der Waals surface area contributed by atoms with E-state index in [9.17, 15) is 19.7 Å². The molecule has 2 heterocycles. The average molecular weight is 432 g/mol. The summed E-state index contributed by atoms with van der Waals surface area (Å²) < 4.78 is 7.08. The Bertz CT molecular complexity index is 1310. The first kappa shape index (κ1) is 20.5. The van der Waals surface area contributed by atoms with Crippen LogP contribution in [0.15, 0.2) is 73.1 Å². The quantitative estimate of drug-likeness (QED) is 0.336. The highest BCUT2D eigenvalue weighted by Gasteiger charge is 2.10. The van der Waals surface area contributed by atoms with E-state index >= 15 is 0 Å². The zero-order chi connectivity index (χ0) is 22.7. The summed E-state index contributed by atoms with van der Waals surface area (Å²) in [6.07, 6.45) is 3.10. The van der Waals surface area contributed by atoms with E-state index in [-0.39, 0.29) is 23.8 Å². The van der Waals surface area contributed by atoms with Crippen molar-refractivity contribution in [3.05, 3.63) is 88.7 Å². The number of nitrogens with one attached hydrogen (secondary N) is 1. The van der Waals surface area contributed by atoms with Crippen LogP contribution in [0.25, 0.3) is 16.9 Å². The summed E-state index contributed by atoms with van der Waals surface area (Å²) in [6, 6.07) is 15.7. The van der Waals surface area contributed by atoms with E-state index in [1.807, 2.05) is 0 Å². The molecule has 0 unspecified atom stereocenters. The monoisotopic (exact) mass is 432 g/mol. The van der Waals surface area contributed by atoms with Crippen molar-refractivity contribution in [2.75, 3.05) is 11.9 Å². The van der Waals surface area contributed by atoms with Gasteiger partial charge in [-0.05, 0) is 54.6 Å². The number of pyridine rings is 1. The van der Waals surface area contributed by atoms with Crippen molar-refractivity contribution in [1.29, 1.82) is 0 Å². The van der Waals surface area contributed by atoms with E-state index in [4.69, 9.17) is 9.84 Å². The topological polar surface area (TPSA) is 136 Å². The maximum atomic E-state index is 12.1. The van der Waals surface area contributed by atoms with E-state index in [2.05, 4.69) is 10.3 Å². The van der Waals surface area contributed by atoms with Crippen LogP contribution in [0.4, 0.5) is 11.4 Å². The molecule has 0 aliphatic carbocycles. The second-order valence-corrected chi connectivity index (χ2v) is 6.78. The fraction of sp³-hybridized carbons (Fsp3) is 0.0455. The zero-order valence-electron chi connectivity index (χ0n) is 16.5. The van der Waals surface area contributed by atoms with Crippen LogP contribution in [0.1, 0.15) is 10.4 Å².